The molecular formula is C20H21N3O5S. The van der Waals surface area contributed by atoms with Gasteiger partial charge in [0.25, 0.3) is 5.91 Å². The van der Waals surface area contributed by atoms with E-state index in [0.717, 1.165) is 0 Å². The molecule has 0 aliphatic rings. The maximum atomic E-state index is 12.1. The van der Waals surface area contributed by atoms with Crippen molar-refractivity contribution in [3.63, 3.8) is 0 Å². The van der Waals surface area contributed by atoms with Crippen molar-refractivity contribution in [1.29, 1.82) is 5.26 Å². The number of hydrogen-bond acceptors (Lipinski definition) is 6. The number of amides is 1. The fourth-order valence-electron chi connectivity index (χ4n) is 2.36. The Kier molecular flexibility index (Phi) is 7.47. The van der Waals surface area contributed by atoms with Crippen LogP contribution >= 0.6 is 0 Å². The minimum absolute atomic E-state index is 0.0143. The number of nitrogens with one attached hydrogen (secondary N) is 2. The molecule has 2 rings (SSSR count). The summed E-state index contributed by atoms with van der Waals surface area (Å²) in [7, 11) is -3.64. The summed E-state index contributed by atoms with van der Waals surface area (Å²) in [6.45, 7) is 3.06. The molecule has 0 aliphatic heterocycles. The number of esters is 1. The molecule has 152 valence electrons. The fraction of sp³-hybridized carbons (Fsp3) is 0.250. The Hall–Kier alpha value is -3.22. The monoisotopic (exact) mass is 415 g/mol. The van der Waals surface area contributed by atoms with E-state index in [9.17, 15) is 18.0 Å². The van der Waals surface area contributed by atoms with Crippen LogP contribution in [-0.4, -0.2) is 32.9 Å². The zero-order valence-electron chi connectivity index (χ0n) is 16.0. The normalized spacial score (nSPS) is 11.0. The Labute approximate surface area is 169 Å². The summed E-state index contributed by atoms with van der Waals surface area (Å²) in [5.74, 6) is -1.17. The first kappa shape index (κ1) is 22.1. The van der Waals surface area contributed by atoms with Crippen LogP contribution in [0.25, 0.3) is 0 Å². The lowest BCUT2D eigenvalue weighted by Crippen LogP contribution is -2.31. The fourth-order valence-corrected chi connectivity index (χ4v) is 3.61. The molecule has 0 radical (unpaired) electrons. The number of carbonyl (C=O) groups is 2. The molecule has 0 bridgehead atoms. The van der Waals surface area contributed by atoms with Gasteiger partial charge in [0.15, 0.2) is 0 Å². The first-order valence-corrected chi connectivity index (χ1v) is 10.2. The standard InChI is InChI=1S/C20H21N3O5S/c1-14(2)23-29(26,27)18-8-6-17(7-9-18)20(25)22-12-19(24)28-13-16-5-3-4-15(10-16)11-21/h3-10,14,23H,12-13H2,1-2H3,(H,22,25). The molecule has 9 heteroatoms. The lowest BCUT2D eigenvalue weighted by Gasteiger charge is -2.10. The molecular weight excluding hydrogens is 394 g/mol. The van der Waals surface area contributed by atoms with Gasteiger partial charge in [-0.2, -0.15) is 5.26 Å². The molecule has 0 aromatic heterocycles. The quantitative estimate of drug-likeness (QED) is 0.633. The van der Waals surface area contributed by atoms with Gasteiger partial charge < -0.3 is 10.1 Å². The van der Waals surface area contributed by atoms with E-state index < -0.39 is 21.9 Å². The third kappa shape index (κ3) is 6.71. The lowest BCUT2D eigenvalue weighted by molar-refractivity contribution is -0.143. The minimum atomic E-state index is -3.64. The highest BCUT2D eigenvalue weighted by Crippen LogP contribution is 2.11. The van der Waals surface area contributed by atoms with Gasteiger partial charge in [0.1, 0.15) is 13.2 Å². The predicted octanol–water partition coefficient (Wildman–Crippen LogP) is 1.72. The molecule has 8 nitrogen and oxygen atoms in total. The van der Waals surface area contributed by atoms with Crippen molar-refractivity contribution in [2.45, 2.75) is 31.4 Å². The maximum absolute atomic E-state index is 12.1. The third-order valence-corrected chi connectivity index (χ3v) is 5.34. The number of sulfonamides is 1. The number of hydrogen-bond donors (Lipinski definition) is 2. The molecule has 29 heavy (non-hydrogen) atoms. The van der Waals surface area contributed by atoms with Crippen LogP contribution in [0.15, 0.2) is 53.4 Å². The van der Waals surface area contributed by atoms with Gasteiger partial charge in [-0.05, 0) is 55.8 Å². The SMILES string of the molecule is CC(C)NS(=O)(=O)c1ccc(C(=O)NCC(=O)OCc2cccc(C#N)c2)cc1. The molecule has 0 atom stereocenters. The van der Waals surface area contributed by atoms with Crippen molar-refractivity contribution >= 4 is 21.9 Å². The molecule has 0 spiro atoms. The van der Waals surface area contributed by atoms with Gasteiger partial charge in [-0.3, -0.25) is 9.59 Å². The highest BCUT2D eigenvalue weighted by atomic mass is 32.2. The van der Waals surface area contributed by atoms with Crippen LogP contribution < -0.4 is 10.0 Å². The second-order valence-corrected chi connectivity index (χ2v) is 8.17. The van der Waals surface area contributed by atoms with Crippen LogP contribution in [0, 0.1) is 11.3 Å². The summed E-state index contributed by atoms with van der Waals surface area (Å²) < 4.78 is 31.7. The van der Waals surface area contributed by atoms with E-state index in [-0.39, 0.29) is 29.7 Å². The van der Waals surface area contributed by atoms with Crippen LogP contribution in [0.4, 0.5) is 0 Å². The number of rotatable bonds is 8. The van der Waals surface area contributed by atoms with Gasteiger partial charge in [0.2, 0.25) is 10.0 Å². The number of nitriles is 1. The van der Waals surface area contributed by atoms with Gasteiger partial charge in [-0.25, -0.2) is 13.1 Å². The molecule has 0 heterocycles. The Morgan fingerprint density at radius 3 is 2.45 bits per heavy atom. The maximum Gasteiger partial charge on any atom is 0.325 e. The van der Waals surface area contributed by atoms with E-state index in [0.29, 0.717) is 11.1 Å². The van der Waals surface area contributed by atoms with Gasteiger partial charge >= 0.3 is 5.97 Å². The number of carbonyl (C=O) groups excluding carboxylic acids is 2. The van der Waals surface area contributed by atoms with Crippen molar-refractivity contribution in [2.24, 2.45) is 0 Å². The summed E-state index contributed by atoms with van der Waals surface area (Å²) in [6.07, 6.45) is 0. The van der Waals surface area contributed by atoms with Crippen LogP contribution in [0.3, 0.4) is 0 Å². The Balaban J connectivity index is 1.87. The van der Waals surface area contributed by atoms with Crippen LogP contribution in [0.1, 0.15) is 35.3 Å². The number of benzene rings is 2. The summed E-state index contributed by atoms with van der Waals surface area (Å²) in [5.41, 5.74) is 1.33. The van der Waals surface area contributed by atoms with Crippen LogP contribution in [-0.2, 0) is 26.2 Å². The highest BCUT2D eigenvalue weighted by molar-refractivity contribution is 7.89. The zero-order valence-corrected chi connectivity index (χ0v) is 16.8. The first-order chi connectivity index (χ1) is 13.7. The van der Waals surface area contributed by atoms with Crippen molar-refractivity contribution in [1.82, 2.24) is 10.0 Å². The summed E-state index contributed by atoms with van der Waals surface area (Å²) in [6, 6.07) is 13.8. The molecule has 0 unspecified atom stereocenters. The molecule has 2 N–H and O–H groups in total. The van der Waals surface area contributed by atoms with Crippen molar-refractivity contribution in [3.8, 4) is 6.07 Å². The second-order valence-electron chi connectivity index (χ2n) is 6.46. The molecule has 0 saturated carbocycles. The van der Waals surface area contributed by atoms with Crippen LogP contribution in [0.5, 0.6) is 0 Å². The van der Waals surface area contributed by atoms with Crippen molar-refractivity contribution in [3.05, 3.63) is 65.2 Å². The average Bonchev–Trinajstić information content (AvgIpc) is 2.69. The van der Waals surface area contributed by atoms with E-state index in [1.165, 1.54) is 24.3 Å². The zero-order chi connectivity index (χ0) is 21.4. The van der Waals surface area contributed by atoms with E-state index in [4.69, 9.17) is 10.00 Å². The highest BCUT2D eigenvalue weighted by Gasteiger charge is 2.16. The molecule has 0 aliphatic carbocycles. The molecule has 0 fully saturated rings. The third-order valence-electron chi connectivity index (χ3n) is 3.67. The second kappa shape index (κ2) is 9.82. The lowest BCUT2D eigenvalue weighted by atomic mass is 10.1. The smallest absolute Gasteiger partial charge is 0.325 e. The predicted molar refractivity (Wildman–Crippen MR) is 105 cm³/mol. The largest absolute Gasteiger partial charge is 0.460 e. The van der Waals surface area contributed by atoms with E-state index in [1.54, 1.807) is 38.1 Å². The summed E-state index contributed by atoms with van der Waals surface area (Å²) in [4.78, 5) is 24.0. The van der Waals surface area contributed by atoms with Crippen molar-refractivity contribution in [2.75, 3.05) is 6.54 Å². The number of nitrogens with zero attached hydrogens (tertiary/aromatic N) is 1. The van der Waals surface area contributed by atoms with E-state index in [2.05, 4.69) is 10.0 Å². The van der Waals surface area contributed by atoms with Gasteiger partial charge in [-0.15, -0.1) is 0 Å². The van der Waals surface area contributed by atoms with Crippen molar-refractivity contribution < 1.29 is 22.7 Å². The van der Waals surface area contributed by atoms with E-state index in [1.807, 2.05) is 6.07 Å². The molecule has 2 aromatic rings. The molecule has 0 saturated heterocycles. The first-order valence-electron chi connectivity index (χ1n) is 8.76. The Morgan fingerprint density at radius 2 is 1.83 bits per heavy atom. The van der Waals surface area contributed by atoms with Crippen LogP contribution in [0.2, 0.25) is 0 Å². The molecule has 2 aromatic carbocycles. The van der Waals surface area contributed by atoms with Gasteiger partial charge in [-0.1, -0.05) is 12.1 Å². The number of ether oxygens (including phenoxy) is 1. The molecule has 1 amide bonds. The Morgan fingerprint density at radius 1 is 1.14 bits per heavy atom. The summed E-state index contributed by atoms with van der Waals surface area (Å²) >= 11 is 0. The Bertz CT molecular complexity index is 1020. The van der Waals surface area contributed by atoms with Gasteiger partial charge in [0, 0.05) is 11.6 Å². The van der Waals surface area contributed by atoms with Gasteiger partial charge in [0.05, 0.1) is 16.5 Å². The summed E-state index contributed by atoms with van der Waals surface area (Å²) in [5, 5.41) is 11.3. The topological polar surface area (TPSA) is 125 Å². The van der Waals surface area contributed by atoms with E-state index >= 15 is 0 Å². The average molecular weight is 415 g/mol. The minimum Gasteiger partial charge on any atom is -0.460 e.